The van der Waals surface area contributed by atoms with E-state index in [1.54, 1.807) is 4.72 Å². The van der Waals surface area contributed by atoms with Crippen LogP contribution in [0.1, 0.15) is 11.6 Å². The van der Waals surface area contributed by atoms with Crippen LogP contribution >= 0.6 is 0 Å². The summed E-state index contributed by atoms with van der Waals surface area (Å²) in [6.07, 6.45) is 0.0525. The first-order chi connectivity index (χ1) is 11.7. The Morgan fingerprint density at radius 2 is 1.80 bits per heavy atom. The third kappa shape index (κ3) is 3.61. The number of nitrogens with one attached hydrogen (secondary N) is 1. The van der Waals surface area contributed by atoms with E-state index in [0.717, 1.165) is 36.7 Å². The summed E-state index contributed by atoms with van der Waals surface area (Å²) in [6, 6.07) is 0.819. The molecule has 0 saturated heterocycles. The van der Waals surface area contributed by atoms with Gasteiger partial charge in [0.25, 0.3) is 10.0 Å². The Morgan fingerprint density at radius 3 is 2.44 bits per heavy atom. The highest BCUT2D eigenvalue weighted by Gasteiger charge is 2.43. The number of rotatable bonds is 4. The standard InChI is InChI=1S/C14H10F4N4O2S/c15-10-3-1-9(2-4-10)13(14(16,17)18)21-25(23,24)12-8-22-6-5-19-11(22)7-20-12/h1-8,13,21H/t13-/m1/s1. The molecular formula is C14H10F4N4O2S. The molecule has 0 radical (unpaired) electrons. The van der Waals surface area contributed by atoms with Crippen LogP contribution < -0.4 is 4.72 Å². The Hall–Kier alpha value is -2.53. The molecule has 2 heterocycles. The molecule has 25 heavy (non-hydrogen) atoms. The van der Waals surface area contributed by atoms with E-state index in [1.807, 2.05) is 0 Å². The van der Waals surface area contributed by atoms with Crippen molar-refractivity contribution < 1.29 is 26.0 Å². The third-order valence-electron chi connectivity index (χ3n) is 3.33. The monoisotopic (exact) mass is 374 g/mol. The second-order valence-corrected chi connectivity index (χ2v) is 6.73. The second kappa shape index (κ2) is 6.08. The Morgan fingerprint density at radius 1 is 1.12 bits per heavy atom. The number of benzene rings is 1. The minimum absolute atomic E-state index is 0.338. The molecule has 0 aliphatic heterocycles. The summed E-state index contributed by atoms with van der Waals surface area (Å²) in [5.74, 6) is -0.736. The smallest absolute Gasteiger partial charge is 0.303 e. The van der Waals surface area contributed by atoms with Crippen LogP contribution in [0.2, 0.25) is 0 Å². The van der Waals surface area contributed by atoms with Gasteiger partial charge in [-0.1, -0.05) is 12.1 Å². The summed E-state index contributed by atoms with van der Waals surface area (Å²) in [6.45, 7) is 0. The van der Waals surface area contributed by atoms with Crippen molar-refractivity contribution in [2.75, 3.05) is 0 Å². The van der Waals surface area contributed by atoms with Crippen molar-refractivity contribution in [1.29, 1.82) is 0 Å². The van der Waals surface area contributed by atoms with Crippen molar-refractivity contribution in [3.05, 3.63) is 60.4 Å². The van der Waals surface area contributed by atoms with Crippen molar-refractivity contribution in [2.24, 2.45) is 0 Å². The van der Waals surface area contributed by atoms with Crippen LogP contribution in [-0.2, 0) is 10.0 Å². The number of hydrogen-bond donors (Lipinski definition) is 1. The fraction of sp³-hybridized carbons (Fsp3) is 0.143. The van der Waals surface area contributed by atoms with Gasteiger partial charge in [0.15, 0.2) is 10.7 Å². The predicted octanol–water partition coefficient (Wildman–Crippen LogP) is 2.45. The largest absolute Gasteiger partial charge is 0.408 e. The van der Waals surface area contributed by atoms with E-state index in [1.165, 1.54) is 16.8 Å². The molecule has 0 aliphatic rings. The zero-order chi connectivity index (χ0) is 18.2. The number of nitrogens with zero attached hydrogens (tertiary/aromatic N) is 3. The number of imidazole rings is 1. The lowest BCUT2D eigenvalue weighted by Gasteiger charge is -2.21. The molecule has 132 valence electrons. The van der Waals surface area contributed by atoms with Gasteiger partial charge in [-0.2, -0.15) is 17.9 Å². The highest BCUT2D eigenvalue weighted by Crippen LogP contribution is 2.34. The van der Waals surface area contributed by atoms with E-state index in [-0.39, 0.29) is 0 Å². The normalized spacial score (nSPS) is 13.9. The maximum Gasteiger partial charge on any atom is 0.408 e. The van der Waals surface area contributed by atoms with E-state index in [9.17, 15) is 26.0 Å². The number of sulfonamides is 1. The molecule has 6 nitrogen and oxygen atoms in total. The van der Waals surface area contributed by atoms with Gasteiger partial charge < -0.3 is 4.40 Å². The van der Waals surface area contributed by atoms with Gasteiger partial charge in [0.2, 0.25) is 0 Å². The fourth-order valence-corrected chi connectivity index (χ4v) is 3.29. The molecular weight excluding hydrogens is 364 g/mol. The SMILES string of the molecule is O=S(=O)(N[C@H](c1ccc(F)cc1)C(F)(F)F)c1cn2ccnc2cn1. The fourth-order valence-electron chi connectivity index (χ4n) is 2.14. The Bertz CT molecular complexity index is 1000. The molecule has 0 bridgehead atoms. The highest BCUT2D eigenvalue weighted by molar-refractivity contribution is 7.89. The molecule has 3 aromatic rings. The quantitative estimate of drug-likeness (QED) is 0.712. The summed E-state index contributed by atoms with van der Waals surface area (Å²) in [7, 11) is -4.59. The van der Waals surface area contributed by atoms with E-state index in [2.05, 4.69) is 9.97 Å². The van der Waals surface area contributed by atoms with Crippen molar-refractivity contribution >= 4 is 15.7 Å². The first-order valence-electron chi connectivity index (χ1n) is 6.80. The van der Waals surface area contributed by atoms with Gasteiger partial charge in [-0.3, -0.25) is 0 Å². The zero-order valence-electron chi connectivity index (χ0n) is 12.3. The minimum atomic E-state index is -4.93. The molecule has 1 N–H and O–H groups in total. The molecule has 11 heteroatoms. The van der Waals surface area contributed by atoms with Gasteiger partial charge in [-0.25, -0.2) is 22.8 Å². The summed E-state index contributed by atoms with van der Waals surface area (Å²) >= 11 is 0. The zero-order valence-corrected chi connectivity index (χ0v) is 13.1. The number of alkyl halides is 3. The van der Waals surface area contributed by atoms with Crippen LogP contribution in [0.25, 0.3) is 5.65 Å². The van der Waals surface area contributed by atoms with Crippen LogP contribution in [0.15, 0.2) is 54.1 Å². The van der Waals surface area contributed by atoms with Gasteiger partial charge in [0.05, 0.1) is 6.20 Å². The Balaban J connectivity index is 1.98. The molecule has 2 aromatic heterocycles. The lowest BCUT2D eigenvalue weighted by molar-refractivity contribution is -0.153. The molecule has 0 fully saturated rings. The first-order valence-corrected chi connectivity index (χ1v) is 8.28. The van der Waals surface area contributed by atoms with Crippen LogP contribution in [0.4, 0.5) is 17.6 Å². The highest BCUT2D eigenvalue weighted by atomic mass is 32.2. The van der Waals surface area contributed by atoms with E-state index in [4.69, 9.17) is 0 Å². The summed E-state index contributed by atoms with van der Waals surface area (Å²) < 4.78 is 80.3. The molecule has 0 amide bonds. The van der Waals surface area contributed by atoms with Crippen LogP contribution in [0, 0.1) is 5.82 Å². The molecule has 0 unspecified atom stereocenters. The van der Waals surface area contributed by atoms with Crippen molar-refractivity contribution in [2.45, 2.75) is 17.2 Å². The summed E-state index contributed by atoms with van der Waals surface area (Å²) in [5, 5.41) is -0.602. The van der Waals surface area contributed by atoms with Crippen molar-refractivity contribution in [3.63, 3.8) is 0 Å². The van der Waals surface area contributed by atoms with E-state index < -0.39 is 38.6 Å². The summed E-state index contributed by atoms with van der Waals surface area (Å²) in [4.78, 5) is 7.50. The predicted molar refractivity (Wildman–Crippen MR) is 78.5 cm³/mol. The van der Waals surface area contributed by atoms with E-state index in [0.29, 0.717) is 5.65 Å². The number of hydrogen-bond acceptors (Lipinski definition) is 4. The summed E-state index contributed by atoms with van der Waals surface area (Å²) in [5.41, 5.74) is -0.106. The lowest BCUT2D eigenvalue weighted by atomic mass is 10.1. The molecule has 0 aliphatic carbocycles. The van der Waals surface area contributed by atoms with E-state index >= 15 is 0 Å². The average Bonchev–Trinajstić information content (AvgIpc) is 3.00. The number of halogens is 4. The maximum absolute atomic E-state index is 13.3. The molecule has 1 atom stereocenters. The second-order valence-electron chi connectivity index (χ2n) is 5.07. The molecule has 3 rings (SSSR count). The minimum Gasteiger partial charge on any atom is -0.303 e. The van der Waals surface area contributed by atoms with Crippen molar-refractivity contribution in [1.82, 2.24) is 19.1 Å². The average molecular weight is 374 g/mol. The van der Waals surface area contributed by atoms with Crippen LogP contribution in [0.3, 0.4) is 0 Å². The molecule has 0 saturated carbocycles. The van der Waals surface area contributed by atoms with Gasteiger partial charge in [0, 0.05) is 18.6 Å². The number of aromatic nitrogens is 3. The van der Waals surface area contributed by atoms with Gasteiger partial charge >= 0.3 is 6.18 Å². The molecule has 0 spiro atoms. The van der Waals surface area contributed by atoms with Gasteiger partial charge in [-0.15, -0.1) is 0 Å². The van der Waals surface area contributed by atoms with Crippen LogP contribution in [-0.4, -0.2) is 29.0 Å². The first kappa shape index (κ1) is 17.3. The number of fused-ring (bicyclic) bond motifs is 1. The van der Waals surface area contributed by atoms with Gasteiger partial charge in [-0.05, 0) is 17.7 Å². The molecule has 1 aromatic carbocycles. The topological polar surface area (TPSA) is 76.4 Å². The van der Waals surface area contributed by atoms with Crippen molar-refractivity contribution in [3.8, 4) is 0 Å². The van der Waals surface area contributed by atoms with Gasteiger partial charge in [0.1, 0.15) is 11.9 Å². The lowest BCUT2D eigenvalue weighted by Crippen LogP contribution is -2.38. The Labute approximate surface area is 139 Å². The third-order valence-corrected chi connectivity index (χ3v) is 4.64. The Kier molecular flexibility index (Phi) is 4.21. The van der Waals surface area contributed by atoms with Crippen LogP contribution in [0.5, 0.6) is 0 Å². The maximum atomic E-state index is 13.3.